The number of hydrogen-bond acceptors (Lipinski definition) is 3. The minimum atomic E-state index is -0.109. The lowest BCUT2D eigenvalue weighted by atomic mass is 9.66. The molecule has 94 valence electrons. The van der Waals surface area contributed by atoms with Crippen LogP contribution >= 0.6 is 0 Å². The van der Waals surface area contributed by atoms with Crippen molar-refractivity contribution in [2.75, 3.05) is 13.2 Å². The molecular weight excluding hydrogens is 202 g/mol. The van der Waals surface area contributed by atoms with Gasteiger partial charge in [0.2, 0.25) is 0 Å². The van der Waals surface area contributed by atoms with Crippen LogP contribution in [0.3, 0.4) is 0 Å². The van der Waals surface area contributed by atoms with Crippen LogP contribution in [-0.4, -0.2) is 19.1 Å². The zero-order valence-electron chi connectivity index (χ0n) is 10.8. The molecule has 0 aromatic rings. The third-order valence-corrected chi connectivity index (χ3v) is 3.92. The van der Waals surface area contributed by atoms with Gasteiger partial charge in [-0.25, -0.2) is 0 Å². The zero-order chi connectivity index (χ0) is 12.2. The highest BCUT2D eigenvalue weighted by atomic mass is 16.5. The van der Waals surface area contributed by atoms with Crippen LogP contribution in [0.2, 0.25) is 0 Å². The van der Waals surface area contributed by atoms with E-state index in [-0.39, 0.29) is 11.4 Å². The Labute approximate surface area is 98.7 Å². The highest BCUT2D eigenvalue weighted by Gasteiger charge is 2.35. The number of ether oxygens (including phenoxy) is 1. The highest BCUT2D eigenvalue weighted by Crippen LogP contribution is 2.42. The van der Waals surface area contributed by atoms with E-state index >= 15 is 0 Å². The molecule has 3 nitrogen and oxygen atoms in total. The first-order chi connectivity index (χ1) is 7.50. The molecule has 1 aliphatic rings. The van der Waals surface area contributed by atoms with E-state index in [0.29, 0.717) is 19.6 Å². The van der Waals surface area contributed by atoms with E-state index in [0.717, 1.165) is 18.3 Å². The van der Waals surface area contributed by atoms with Crippen molar-refractivity contribution in [3.8, 4) is 0 Å². The van der Waals surface area contributed by atoms with Crippen LogP contribution in [0.1, 0.15) is 46.5 Å². The molecule has 0 unspecified atom stereocenters. The Morgan fingerprint density at radius 1 is 1.50 bits per heavy atom. The number of nitrogens with two attached hydrogens (primary N) is 1. The van der Waals surface area contributed by atoms with Crippen molar-refractivity contribution in [2.24, 2.45) is 23.0 Å². The Kier molecular flexibility index (Phi) is 4.78. The predicted molar refractivity (Wildman–Crippen MR) is 64.9 cm³/mol. The lowest BCUT2D eigenvalue weighted by Crippen LogP contribution is -2.37. The molecule has 2 N–H and O–H groups in total. The normalized spacial score (nSPS) is 28.0. The first kappa shape index (κ1) is 13.5. The van der Waals surface area contributed by atoms with Gasteiger partial charge >= 0.3 is 5.97 Å². The molecule has 0 aromatic heterocycles. The van der Waals surface area contributed by atoms with E-state index in [2.05, 4.69) is 13.8 Å². The lowest BCUT2D eigenvalue weighted by molar-refractivity contribution is -0.146. The molecule has 0 heterocycles. The fourth-order valence-electron chi connectivity index (χ4n) is 2.46. The van der Waals surface area contributed by atoms with Gasteiger partial charge in [0, 0.05) is 0 Å². The van der Waals surface area contributed by atoms with Crippen molar-refractivity contribution >= 4 is 5.97 Å². The summed E-state index contributed by atoms with van der Waals surface area (Å²) in [6, 6.07) is 0. The van der Waals surface area contributed by atoms with E-state index < -0.39 is 0 Å². The van der Waals surface area contributed by atoms with Crippen molar-refractivity contribution in [2.45, 2.75) is 46.5 Å². The highest BCUT2D eigenvalue weighted by molar-refractivity contribution is 5.70. The predicted octanol–water partition coefficient (Wildman–Crippen LogP) is 2.34. The van der Waals surface area contributed by atoms with Gasteiger partial charge in [-0.2, -0.15) is 0 Å². The van der Waals surface area contributed by atoms with Crippen molar-refractivity contribution in [1.29, 1.82) is 0 Å². The molecule has 0 radical (unpaired) electrons. The maximum atomic E-state index is 11.5. The second-order valence-corrected chi connectivity index (χ2v) is 5.52. The Bertz CT molecular complexity index is 242. The van der Waals surface area contributed by atoms with Gasteiger partial charge < -0.3 is 10.5 Å². The number of carbonyl (C=O) groups is 1. The Morgan fingerprint density at radius 3 is 2.56 bits per heavy atom. The Hall–Kier alpha value is -0.570. The van der Waals surface area contributed by atoms with Crippen molar-refractivity contribution in [3.05, 3.63) is 0 Å². The van der Waals surface area contributed by atoms with Gasteiger partial charge in [0.15, 0.2) is 0 Å². The van der Waals surface area contributed by atoms with Crippen LogP contribution in [0.5, 0.6) is 0 Å². The monoisotopic (exact) mass is 227 g/mol. The van der Waals surface area contributed by atoms with Gasteiger partial charge in [-0.1, -0.05) is 20.3 Å². The maximum Gasteiger partial charge on any atom is 0.306 e. The van der Waals surface area contributed by atoms with Crippen molar-refractivity contribution in [3.63, 3.8) is 0 Å². The molecule has 1 rings (SSSR count). The second kappa shape index (κ2) is 5.67. The molecule has 3 atom stereocenters. The van der Waals surface area contributed by atoms with Crippen LogP contribution < -0.4 is 5.73 Å². The molecule has 0 bridgehead atoms. The summed E-state index contributed by atoms with van der Waals surface area (Å²) in [5.74, 6) is 1.44. The molecule has 0 aromatic carbocycles. The SMILES string of the molecule is CCOC(=O)C[C@](C)(CN)C[C@@H]1CC[C@@H]1C. The van der Waals surface area contributed by atoms with Gasteiger partial charge in [-0.3, -0.25) is 4.79 Å². The summed E-state index contributed by atoms with van der Waals surface area (Å²) in [5.41, 5.74) is 5.74. The summed E-state index contributed by atoms with van der Waals surface area (Å²) in [6.07, 6.45) is 4.13. The second-order valence-electron chi connectivity index (χ2n) is 5.52. The smallest absolute Gasteiger partial charge is 0.306 e. The quantitative estimate of drug-likeness (QED) is 0.709. The first-order valence-electron chi connectivity index (χ1n) is 6.36. The minimum absolute atomic E-state index is 0.0778. The minimum Gasteiger partial charge on any atom is -0.466 e. The zero-order valence-corrected chi connectivity index (χ0v) is 10.8. The fourth-order valence-corrected chi connectivity index (χ4v) is 2.46. The summed E-state index contributed by atoms with van der Waals surface area (Å²) < 4.78 is 5.00. The van der Waals surface area contributed by atoms with Gasteiger partial charge in [0.1, 0.15) is 0 Å². The topological polar surface area (TPSA) is 52.3 Å². The molecule has 1 saturated carbocycles. The van der Waals surface area contributed by atoms with E-state index in [1.54, 1.807) is 0 Å². The van der Waals surface area contributed by atoms with Crippen LogP contribution in [0, 0.1) is 17.3 Å². The summed E-state index contributed by atoms with van der Waals surface area (Å²) in [6.45, 7) is 7.25. The maximum absolute atomic E-state index is 11.5. The third kappa shape index (κ3) is 3.48. The lowest BCUT2D eigenvalue weighted by Gasteiger charge is -2.40. The number of esters is 1. The number of carbonyl (C=O) groups excluding carboxylic acids is 1. The number of rotatable bonds is 6. The Morgan fingerprint density at radius 2 is 2.19 bits per heavy atom. The van der Waals surface area contributed by atoms with E-state index in [1.165, 1.54) is 12.8 Å². The van der Waals surface area contributed by atoms with Gasteiger partial charge in [-0.05, 0) is 43.6 Å². The first-order valence-corrected chi connectivity index (χ1v) is 6.36. The standard InChI is InChI=1S/C13H25NO2/c1-4-16-12(15)8-13(3,9-14)7-11-6-5-10(11)2/h10-11H,4-9,14H2,1-3H3/t10-,11-,13+/m0/s1. The van der Waals surface area contributed by atoms with Crippen LogP contribution in [0.25, 0.3) is 0 Å². The van der Waals surface area contributed by atoms with Crippen LogP contribution in [0.15, 0.2) is 0 Å². The molecule has 0 aliphatic heterocycles. The van der Waals surface area contributed by atoms with E-state index in [4.69, 9.17) is 10.5 Å². The van der Waals surface area contributed by atoms with Gasteiger partial charge in [0.05, 0.1) is 13.0 Å². The molecule has 0 spiro atoms. The van der Waals surface area contributed by atoms with Crippen LogP contribution in [-0.2, 0) is 9.53 Å². The summed E-state index contributed by atoms with van der Waals surface area (Å²) >= 11 is 0. The van der Waals surface area contributed by atoms with Crippen LogP contribution in [0.4, 0.5) is 0 Å². The van der Waals surface area contributed by atoms with Gasteiger partial charge in [-0.15, -0.1) is 0 Å². The largest absolute Gasteiger partial charge is 0.466 e. The van der Waals surface area contributed by atoms with E-state index in [1.807, 2.05) is 6.92 Å². The Balaban J connectivity index is 2.45. The van der Waals surface area contributed by atoms with Crippen molar-refractivity contribution in [1.82, 2.24) is 0 Å². The number of hydrogen-bond donors (Lipinski definition) is 1. The molecule has 16 heavy (non-hydrogen) atoms. The molecule has 1 fully saturated rings. The van der Waals surface area contributed by atoms with E-state index in [9.17, 15) is 4.79 Å². The average molecular weight is 227 g/mol. The third-order valence-electron chi connectivity index (χ3n) is 3.92. The van der Waals surface area contributed by atoms with Gasteiger partial charge in [0.25, 0.3) is 0 Å². The summed E-state index contributed by atoms with van der Waals surface area (Å²) in [4.78, 5) is 11.5. The van der Waals surface area contributed by atoms with Crippen molar-refractivity contribution < 1.29 is 9.53 Å². The molecule has 1 aliphatic carbocycles. The summed E-state index contributed by atoms with van der Waals surface area (Å²) in [7, 11) is 0. The molecular formula is C13H25NO2. The summed E-state index contributed by atoms with van der Waals surface area (Å²) in [5, 5.41) is 0. The molecule has 3 heteroatoms. The average Bonchev–Trinajstić information content (AvgIpc) is 2.24. The molecule has 0 amide bonds. The fraction of sp³-hybridized carbons (Fsp3) is 0.923. The molecule has 0 saturated heterocycles.